The molecule has 3 aromatic rings. The standard InChI is InChI=1S/C15H15N5O3S/c1-9-14(20(22)23)10(2)19(17-9)8-13(21)16-15-18(3)11-6-4-5-7-12(11)24-15/h4-7H,8H2,1-3H3. The van der Waals surface area contributed by atoms with Crippen LogP contribution in [0.2, 0.25) is 0 Å². The molecule has 2 heterocycles. The molecule has 1 amide bonds. The van der Waals surface area contributed by atoms with Crippen molar-refractivity contribution in [3.05, 3.63) is 50.6 Å². The van der Waals surface area contributed by atoms with E-state index in [9.17, 15) is 14.9 Å². The van der Waals surface area contributed by atoms with Crippen LogP contribution >= 0.6 is 11.3 Å². The summed E-state index contributed by atoms with van der Waals surface area (Å²) in [5, 5.41) is 15.1. The van der Waals surface area contributed by atoms with Gasteiger partial charge in [-0.15, -0.1) is 0 Å². The van der Waals surface area contributed by atoms with Crippen molar-refractivity contribution in [2.45, 2.75) is 20.4 Å². The minimum absolute atomic E-state index is 0.0600. The van der Waals surface area contributed by atoms with E-state index in [0.29, 0.717) is 10.5 Å². The molecular formula is C15H15N5O3S. The fraction of sp³-hybridized carbons (Fsp3) is 0.267. The van der Waals surface area contributed by atoms with Gasteiger partial charge >= 0.3 is 5.69 Å². The van der Waals surface area contributed by atoms with Crippen molar-refractivity contribution in [1.29, 1.82) is 0 Å². The van der Waals surface area contributed by atoms with Crippen LogP contribution in [-0.4, -0.2) is 25.2 Å². The Bertz CT molecular complexity index is 1030. The van der Waals surface area contributed by atoms with Crippen LogP contribution in [0, 0.1) is 24.0 Å². The maximum Gasteiger partial charge on any atom is 0.312 e. The summed E-state index contributed by atoms with van der Waals surface area (Å²) in [4.78, 5) is 27.5. The van der Waals surface area contributed by atoms with Crippen molar-refractivity contribution < 1.29 is 9.72 Å². The van der Waals surface area contributed by atoms with Gasteiger partial charge in [0.05, 0.1) is 15.1 Å². The molecule has 0 aliphatic heterocycles. The Hall–Kier alpha value is -2.81. The Kier molecular flexibility index (Phi) is 4.02. The van der Waals surface area contributed by atoms with E-state index in [4.69, 9.17) is 0 Å². The lowest BCUT2D eigenvalue weighted by molar-refractivity contribution is -0.386. The molecule has 0 fully saturated rings. The third kappa shape index (κ3) is 2.73. The van der Waals surface area contributed by atoms with Gasteiger partial charge in [-0.2, -0.15) is 10.1 Å². The fourth-order valence-electron chi connectivity index (χ4n) is 2.56. The molecule has 0 N–H and O–H groups in total. The largest absolute Gasteiger partial charge is 0.319 e. The monoisotopic (exact) mass is 345 g/mol. The Labute approximate surface area is 140 Å². The fourth-order valence-corrected chi connectivity index (χ4v) is 3.60. The number of carbonyl (C=O) groups excluding carboxylic acids is 1. The first kappa shape index (κ1) is 16.1. The predicted molar refractivity (Wildman–Crippen MR) is 89.7 cm³/mol. The zero-order valence-electron chi connectivity index (χ0n) is 13.4. The van der Waals surface area contributed by atoms with E-state index in [0.717, 1.165) is 10.2 Å². The molecule has 3 rings (SSSR count). The van der Waals surface area contributed by atoms with Crippen molar-refractivity contribution in [3.63, 3.8) is 0 Å². The molecule has 0 bridgehead atoms. The zero-order valence-corrected chi connectivity index (χ0v) is 14.2. The highest BCUT2D eigenvalue weighted by molar-refractivity contribution is 7.16. The van der Waals surface area contributed by atoms with Gasteiger partial charge in [-0.3, -0.25) is 19.6 Å². The number of benzene rings is 1. The summed E-state index contributed by atoms with van der Waals surface area (Å²) in [6.07, 6.45) is 0. The van der Waals surface area contributed by atoms with Gasteiger partial charge in [0.25, 0.3) is 5.91 Å². The van der Waals surface area contributed by atoms with E-state index in [1.807, 2.05) is 35.9 Å². The molecule has 124 valence electrons. The zero-order chi connectivity index (χ0) is 17.4. The molecule has 9 heteroatoms. The van der Waals surface area contributed by atoms with Gasteiger partial charge in [0.15, 0.2) is 4.80 Å². The number of carbonyl (C=O) groups is 1. The van der Waals surface area contributed by atoms with Crippen LogP contribution in [0.1, 0.15) is 11.4 Å². The minimum Gasteiger partial charge on any atom is -0.319 e. The molecule has 0 saturated heterocycles. The molecule has 0 unspecified atom stereocenters. The quantitative estimate of drug-likeness (QED) is 0.536. The Balaban J connectivity index is 1.94. The van der Waals surface area contributed by atoms with Crippen LogP contribution in [-0.2, 0) is 18.4 Å². The van der Waals surface area contributed by atoms with Crippen molar-refractivity contribution in [1.82, 2.24) is 14.3 Å². The van der Waals surface area contributed by atoms with Crippen LogP contribution < -0.4 is 4.80 Å². The van der Waals surface area contributed by atoms with Gasteiger partial charge < -0.3 is 4.57 Å². The number of nitro groups is 1. The molecule has 0 aliphatic rings. The average molecular weight is 345 g/mol. The maximum atomic E-state index is 12.2. The summed E-state index contributed by atoms with van der Waals surface area (Å²) in [7, 11) is 1.85. The van der Waals surface area contributed by atoms with E-state index in [-0.39, 0.29) is 17.9 Å². The third-order valence-corrected chi connectivity index (χ3v) is 4.86. The lowest BCUT2D eigenvalue weighted by Gasteiger charge is -1.99. The van der Waals surface area contributed by atoms with Crippen LogP contribution in [0.5, 0.6) is 0 Å². The van der Waals surface area contributed by atoms with Crippen LogP contribution in [0.25, 0.3) is 10.2 Å². The topological polar surface area (TPSA) is 95.3 Å². The van der Waals surface area contributed by atoms with Gasteiger partial charge in [-0.25, -0.2) is 0 Å². The van der Waals surface area contributed by atoms with Crippen molar-refractivity contribution in [2.75, 3.05) is 0 Å². The molecule has 0 radical (unpaired) electrons. The van der Waals surface area contributed by atoms with E-state index >= 15 is 0 Å². The molecule has 1 aromatic carbocycles. The number of fused-ring (bicyclic) bond motifs is 1. The van der Waals surface area contributed by atoms with Crippen LogP contribution in [0.4, 0.5) is 5.69 Å². The maximum absolute atomic E-state index is 12.2. The summed E-state index contributed by atoms with van der Waals surface area (Å²) in [6, 6.07) is 7.78. The second-order valence-electron chi connectivity index (χ2n) is 5.35. The second kappa shape index (κ2) is 6.00. The first-order valence-electron chi connectivity index (χ1n) is 7.19. The number of amides is 1. The first-order valence-corrected chi connectivity index (χ1v) is 8.00. The highest BCUT2D eigenvalue weighted by Gasteiger charge is 2.22. The van der Waals surface area contributed by atoms with Gasteiger partial charge in [0.1, 0.15) is 17.9 Å². The van der Waals surface area contributed by atoms with Crippen LogP contribution in [0.3, 0.4) is 0 Å². The summed E-state index contributed by atoms with van der Waals surface area (Å²) < 4.78 is 4.21. The van der Waals surface area contributed by atoms with Gasteiger partial charge in [-0.1, -0.05) is 23.5 Å². The molecule has 0 atom stereocenters. The molecule has 8 nitrogen and oxygen atoms in total. The van der Waals surface area contributed by atoms with Crippen molar-refractivity contribution in [3.8, 4) is 0 Å². The van der Waals surface area contributed by atoms with Crippen LogP contribution in [0.15, 0.2) is 29.3 Å². The Morgan fingerprint density at radius 3 is 2.71 bits per heavy atom. The first-order chi connectivity index (χ1) is 11.4. The van der Waals surface area contributed by atoms with Crippen molar-refractivity contribution >= 4 is 33.1 Å². The number of hydrogen-bond donors (Lipinski definition) is 0. The molecule has 2 aromatic heterocycles. The predicted octanol–water partition coefficient (Wildman–Crippen LogP) is 2.09. The average Bonchev–Trinajstić information content (AvgIpc) is 2.97. The molecular weight excluding hydrogens is 330 g/mol. The van der Waals surface area contributed by atoms with E-state index < -0.39 is 10.8 Å². The van der Waals surface area contributed by atoms with Gasteiger partial charge in [0.2, 0.25) is 0 Å². The number of para-hydroxylation sites is 1. The number of aromatic nitrogens is 3. The SMILES string of the molecule is Cc1nn(CC(=O)N=c2sc3ccccc3n2C)c(C)c1[N+](=O)[O-]. The van der Waals surface area contributed by atoms with E-state index in [1.165, 1.54) is 16.0 Å². The Morgan fingerprint density at radius 1 is 1.38 bits per heavy atom. The summed E-state index contributed by atoms with van der Waals surface area (Å²) >= 11 is 1.42. The van der Waals surface area contributed by atoms with E-state index in [2.05, 4.69) is 10.1 Å². The normalized spacial score (nSPS) is 12.0. The Morgan fingerprint density at radius 2 is 2.08 bits per heavy atom. The number of hydrogen-bond acceptors (Lipinski definition) is 5. The molecule has 0 aliphatic carbocycles. The lowest BCUT2D eigenvalue weighted by Crippen LogP contribution is -2.17. The van der Waals surface area contributed by atoms with Gasteiger partial charge in [-0.05, 0) is 26.0 Å². The van der Waals surface area contributed by atoms with E-state index in [1.54, 1.807) is 13.8 Å². The number of rotatable bonds is 3. The molecule has 0 spiro atoms. The smallest absolute Gasteiger partial charge is 0.312 e. The number of aryl methyl sites for hydroxylation is 2. The summed E-state index contributed by atoms with van der Waals surface area (Å²) in [5.41, 5.74) is 1.57. The van der Waals surface area contributed by atoms with Crippen molar-refractivity contribution in [2.24, 2.45) is 12.0 Å². The van der Waals surface area contributed by atoms with Gasteiger partial charge in [0, 0.05) is 7.05 Å². The summed E-state index contributed by atoms with van der Waals surface area (Å²) in [6.45, 7) is 2.99. The third-order valence-electron chi connectivity index (χ3n) is 3.75. The highest BCUT2D eigenvalue weighted by Crippen LogP contribution is 2.21. The minimum atomic E-state index is -0.484. The second-order valence-corrected chi connectivity index (χ2v) is 6.36. The summed E-state index contributed by atoms with van der Waals surface area (Å²) in [5.74, 6) is -0.405. The lowest BCUT2D eigenvalue weighted by atomic mass is 10.3. The number of thiazole rings is 1. The molecule has 24 heavy (non-hydrogen) atoms. The number of nitrogens with zero attached hydrogens (tertiary/aromatic N) is 5. The molecule has 0 saturated carbocycles. The highest BCUT2D eigenvalue weighted by atomic mass is 32.1.